The smallest absolute Gasteiger partial charge is 0.284 e. The largest absolute Gasteiger partial charge is 0.504 e. The number of phenolic OH excluding ortho intramolecular Hbond substituents is 1. The number of aromatic hydroxyl groups is 1. The summed E-state index contributed by atoms with van der Waals surface area (Å²) >= 11 is 0. The van der Waals surface area contributed by atoms with Crippen LogP contribution in [0.1, 0.15) is 5.56 Å². The number of ether oxygens (including phenoxy) is 3. The van der Waals surface area contributed by atoms with E-state index in [1.54, 1.807) is 30.3 Å². The van der Waals surface area contributed by atoms with Crippen LogP contribution in [0.5, 0.6) is 23.0 Å². The maximum Gasteiger partial charge on any atom is 0.284 e. The highest BCUT2D eigenvalue weighted by molar-refractivity contribution is 5.85. The Morgan fingerprint density at radius 2 is 2.12 bits per heavy atom. The molecule has 0 spiro atoms. The molecule has 0 saturated heterocycles. The van der Waals surface area contributed by atoms with Crippen molar-refractivity contribution < 1.29 is 24.1 Å². The first-order valence-electron chi connectivity index (χ1n) is 7.26. The molecule has 24 heavy (non-hydrogen) atoms. The first kappa shape index (κ1) is 15.7. The van der Waals surface area contributed by atoms with E-state index in [1.807, 2.05) is 6.07 Å². The van der Waals surface area contributed by atoms with E-state index in [9.17, 15) is 9.90 Å². The minimum atomic E-state index is -0.777. The third kappa shape index (κ3) is 3.40. The molecular weight excluding hydrogens is 312 g/mol. The number of phenols is 1. The molecule has 2 aromatic rings. The van der Waals surface area contributed by atoms with Crippen molar-refractivity contribution in [3.8, 4) is 23.0 Å². The number of para-hydroxylation sites is 2. The van der Waals surface area contributed by atoms with Crippen LogP contribution >= 0.6 is 0 Å². The van der Waals surface area contributed by atoms with Crippen LogP contribution < -0.4 is 19.6 Å². The fourth-order valence-electron chi connectivity index (χ4n) is 2.18. The molecule has 1 aliphatic rings. The second-order valence-corrected chi connectivity index (χ2v) is 5.03. The number of benzene rings is 2. The first-order chi connectivity index (χ1) is 11.7. The highest BCUT2D eigenvalue weighted by atomic mass is 16.6. The Kier molecular flexibility index (Phi) is 4.51. The van der Waals surface area contributed by atoms with E-state index in [1.165, 1.54) is 19.4 Å². The van der Waals surface area contributed by atoms with E-state index >= 15 is 0 Å². The van der Waals surface area contributed by atoms with Gasteiger partial charge in [-0.1, -0.05) is 12.1 Å². The number of amides is 1. The molecule has 1 aliphatic heterocycles. The first-order valence-corrected chi connectivity index (χ1v) is 7.26. The zero-order chi connectivity index (χ0) is 16.9. The maximum atomic E-state index is 12.1. The molecule has 1 atom stereocenters. The second-order valence-electron chi connectivity index (χ2n) is 5.03. The van der Waals surface area contributed by atoms with Gasteiger partial charge in [-0.25, -0.2) is 5.43 Å². The Balaban J connectivity index is 1.59. The van der Waals surface area contributed by atoms with Gasteiger partial charge in [-0.2, -0.15) is 5.10 Å². The normalized spacial score (nSPS) is 16.0. The number of hydrazone groups is 1. The Labute approximate surface area is 138 Å². The van der Waals surface area contributed by atoms with Gasteiger partial charge >= 0.3 is 0 Å². The molecule has 0 saturated carbocycles. The lowest BCUT2D eigenvalue weighted by Gasteiger charge is -2.24. The van der Waals surface area contributed by atoms with Crippen molar-refractivity contribution in [3.05, 3.63) is 48.0 Å². The number of hydrogen-bond donors (Lipinski definition) is 2. The van der Waals surface area contributed by atoms with Crippen LogP contribution in [0.3, 0.4) is 0 Å². The van der Waals surface area contributed by atoms with Gasteiger partial charge < -0.3 is 19.3 Å². The van der Waals surface area contributed by atoms with Gasteiger partial charge in [-0.05, 0) is 35.9 Å². The molecule has 7 nitrogen and oxygen atoms in total. The molecule has 0 aromatic heterocycles. The van der Waals surface area contributed by atoms with Crippen molar-refractivity contribution in [2.45, 2.75) is 6.10 Å². The van der Waals surface area contributed by atoms with Gasteiger partial charge in [-0.15, -0.1) is 0 Å². The SMILES string of the molecule is COc1ccc(/C=N/NC(=O)[C@H]2COc3ccccc3O2)cc1O. The number of hydrogen-bond acceptors (Lipinski definition) is 6. The molecule has 0 aliphatic carbocycles. The van der Waals surface area contributed by atoms with Gasteiger partial charge in [-0.3, -0.25) is 4.79 Å². The van der Waals surface area contributed by atoms with E-state index in [0.29, 0.717) is 22.8 Å². The highest BCUT2D eigenvalue weighted by Crippen LogP contribution is 2.30. The summed E-state index contributed by atoms with van der Waals surface area (Å²) in [6.07, 6.45) is 0.635. The Morgan fingerprint density at radius 3 is 2.88 bits per heavy atom. The lowest BCUT2D eigenvalue weighted by atomic mass is 10.2. The van der Waals surface area contributed by atoms with Crippen molar-refractivity contribution in [1.29, 1.82) is 0 Å². The van der Waals surface area contributed by atoms with Crippen LogP contribution in [0, 0.1) is 0 Å². The standard InChI is InChI=1S/C17H16N2O5/c1-22-13-7-6-11(8-12(13)20)9-18-19-17(21)16-10-23-14-4-2-3-5-15(14)24-16/h2-9,16,20H,10H2,1H3,(H,19,21)/b18-9+/t16-/m1/s1. The summed E-state index contributed by atoms with van der Waals surface area (Å²) in [5.41, 5.74) is 3.00. The average Bonchev–Trinajstić information content (AvgIpc) is 2.61. The van der Waals surface area contributed by atoms with Gasteiger partial charge in [0.2, 0.25) is 6.10 Å². The molecule has 1 amide bonds. The molecule has 0 radical (unpaired) electrons. The molecule has 0 unspecified atom stereocenters. The van der Waals surface area contributed by atoms with Crippen LogP contribution in [-0.2, 0) is 4.79 Å². The predicted molar refractivity (Wildman–Crippen MR) is 86.7 cm³/mol. The molecule has 0 bridgehead atoms. The van der Waals surface area contributed by atoms with E-state index < -0.39 is 12.0 Å². The number of methoxy groups -OCH3 is 1. The molecule has 124 valence electrons. The summed E-state index contributed by atoms with van der Waals surface area (Å²) in [4.78, 5) is 12.1. The van der Waals surface area contributed by atoms with Crippen LogP contribution in [-0.4, -0.2) is 37.0 Å². The van der Waals surface area contributed by atoms with E-state index in [-0.39, 0.29) is 12.4 Å². The van der Waals surface area contributed by atoms with Crippen molar-refractivity contribution >= 4 is 12.1 Å². The molecular formula is C17H16N2O5. The van der Waals surface area contributed by atoms with Gasteiger partial charge in [0.05, 0.1) is 13.3 Å². The molecule has 2 aromatic carbocycles. The topological polar surface area (TPSA) is 89.4 Å². The van der Waals surface area contributed by atoms with E-state index in [0.717, 1.165) is 0 Å². The zero-order valence-electron chi connectivity index (χ0n) is 12.9. The van der Waals surface area contributed by atoms with Gasteiger partial charge in [0, 0.05) is 0 Å². The van der Waals surface area contributed by atoms with Gasteiger partial charge in [0.1, 0.15) is 6.61 Å². The summed E-state index contributed by atoms with van der Waals surface area (Å²) in [5.74, 6) is 1.07. The Hall–Kier alpha value is -3.22. The second kappa shape index (κ2) is 6.91. The highest BCUT2D eigenvalue weighted by Gasteiger charge is 2.26. The van der Waals surface area contributed by atoms with Crippen molar-refractivity contribution in [2.75, 3.05) is 13.7 Å². The zero-order valence-corrected chi connectivity index (χ0v) is 12.9. The third-order valence-electron chi connectivity index (χ3n) is 3.39. The molecule has 7 heteroatoms. The van der Waals surface area contributed by atoms with Crippen LogP contribution in [0.4, 0.5) is 0 Å². The molecule has 0 fully saturated rings. The summed E-state index contributed by atoms with van der Waals surface area (Å²) in [6, 6.07) is 11.9. The lowest BCUT2D eigenvalue weighted by Crippen LogP contribution is -2.42. The van der Waals surface area contributed by atoms with E-state index in [2.05, 4.69) is 10.5 Å². The quantitative estimate of drug-likeness (QED) is 0.658. The Morgan fingerprint density at radius 1 is 1.33 bits per heavy atom. The number of nitrogens with zero attached hydrogens (tertiary/aromatic N) is 1. The van der Waals surface area contributed by atoms with Crippen molar-refractivity contribution in [1.82, 2.24) is 5.43 Å². The Bertz CT molecular complexity index is 775. The van der Waals surface area contributed by atoms with Crippen molar-refractivity contribution in [2.24, 2.45) is 5.10 Å². The fourth-order valence-corrected chi connectivity index (χ4v) is 2.18. The minimum Gasteiger partial charge on any atom is -0.504 e. The van der Waals surface area contributed by atoms with E-state index in [4.69, 9.17) is 14.2 Å². The fraction of sp³-hybridized carbons (Fsp3) is 0.176. The third-order valence-corrected chi connectivity index (χ3v) is 3.39. The van der Waals surface area contributed by atoms with Gasteiger partial charge in [0.25, 0.3) is 5.91 Å². The minimum absolute atomic E-state index is 0.00611. The molecule has 3 rings (SSSR count). The van der Waals surface area contributed by atoms with Crippen LogP contribution in [0.15, 0.2) is 47.6 Å². The van der Waals surface area contributed by atoms with Gasteiger partial charge in [0.15, 0.2) is 23.0 Å². The maximum absolute atomic E-state index is 12.1. The number of fused-ring (bicyclic) bond motifs is 1. The summed E-state index contributed by atoms with van der Waals surface area (Å²) in [6.45, 7) is 0.113. The van der Waals surface area contributed by atoms with Crippen LogP contribution in [0.2, 0.25) is 0 Å². The lowest BCUT2D eigenvalue weighted by molar-refractivity contribution is -0.130. The van der Waals surface area contributed by atoms with Crippen molar-refractivity contribution in [3.63, 3.8) is 0 Å². The summed E-state index contributed by atoms with van der Waals surface area (Å²) in [7, 11) is 1.47. The monoisotopic (exact) mass is 328 g/mol. The molecule has 1 heterocycles. The summed E-state index contributed by atoms with van der Waals surface area (Å²) < 4.78 is 16.0. The predicted octanol–water partition coefficient (Wildman–Crippen LogP) is 1.69. The molecule has 2 N–H and O–H groups in total. The number of nitrogens with one attached hydrogen (secondary N) is 1. The van der Waals surface area contributed by atoms with Crippen LogP contribution in [0.25, 0.3) is 0 Å². The number of carbonyl (C=O) groups is 1. The number of rotatable bonds is 4. The number of carbonyl (C=O) groups excluding carboxylic acids is 1. The average molecular weight is 328 g/mol. The summed E-state index contributed by atoms with van der Waals surface area (Å²) in [5, 5.41) is 13.5.